The quantitative estimate of drug-likeness (QED) is 0.853. The molecule has 0 amide bonds. The predicted octanol–water partition coefficient (Wildman–Crippen LogP) is 1.89. The minimum absolute atomic E-state index is 0.282. The van der Waals surface area contributed by atoms with Crippen LogP contribution in [-0.4, -0.2) is 27.4 Å². The van der Waals surface area contributed by atoms with Gasteiger partial charge in [-0.1, -0.05) is 27.7 Å². The molecule has 0 spiro atoms. The number of carboxylic acid groups (broad SMARTS) is 1. The normalized spacial score (nSPS) is 20.5. The van der Waals surface area contributed by atoms with Crippen LogP contribution in [0, 0.1) is 16.7 Å². The van der Waals surface area contributed by atoms with Gasteiger partial charge in [-0.2, -0.15) is 5.10 Å². The van der Waals surface area contributed by atoms with Gasteiger partial charge in [0.1, 0.15) is 5.56 Å². The fraction of sp³-hybridized carbons (Fsp3) is 0.714. The first-order valence-corrected chi connectivity index (χ1v) is 6.64. The highest BCUT2D eigenvalue weighted by atomic mass is 16.4. The summed E-state index contributed by atoms with van der Waals surface area (Å²) >= 11 is 0. The molecule has 19 heavy (non-hydrogen) atoms. The van der Waals surface area contributed by atoms with Gasteiger partial charge in [-0.15, -0.1) is 0 Å². The highest BCUT2D eigenvalue weighted by molar-refractivity contribution is 5.88. The number of hydrogen-bond acceptors (Lipinski definition) is 3. The van der Waals surface area contributed by atoms with Crippen molar-refractivity contribution < 1.29 is 9.90 Å². The van der Waals surface area contributed by atoms with E-state index in [2.05, 4.69) is 38.1 Å². The van der Waals surface area contributed by atoms with Crippen molar-refractivity contribution in [2.45, 2.75) is 34.2 Å². The van der Waals surface area contributed by atoms with Gasteiger partial charge in [0.05, 0.1) is 11.9 Å². The first-order chi connectivity index (χ1) is 8.69. The molecule has 1 heterocycles. The maximum atomic E-state index is 11.1. The van der Waals surface area contributed by atoms with Gasteiger partial charge in [-0.25, -0.2) is 4.79 Å². The fourth-order valence-corrected chi connectivity index (χ4v) is 3.03. The molecule has 1 fully saturated rings. The van der Waals surface area contributed by atoms with Crippen molar-refractivity contribution in [2.24, 2.45) is 23.8 Å². The standard InChI is InChI=1S/C14H23N3O2/c1-13(2)11(14(13,3)4)8-15-7-10-9(12(18)19)6-16-17(10)5/h6,11,15H,7-8H2,1-5H3,(H,18,19). The highest BCUT2D eigenvalue weighted by Gasteiger charge is 2.63. The Bertz CT molecular complexity index is 489. The van der Waals surface area contributed by atoms with Gasteiger partial charge in [-0.3, -0.25) is 4.68 Å². The summed E-state index contributed by atoms with van der Waals surface area (Å²) < 4.78 is 1.62. The molecule has 1 aliphatic rings. The Morgan fingerprint density at radius 1 is 1.42 bits per heavy atom. The third-order valence-corrected chi connectivity index (χ3v) is 5.25. The minimum atomic E-state index is -0.919. The molecular formula is C14H23N3O2. The molecule has 106 valence electrons. The van der Waals surface area contributed by atoms with E-state index in [1.807, 2.05) is 0 Å². The number of aromatic nitrogens is 2. The van der Waals surface area contributed by atoms with Gasteiger partial charge < -0.3 is 10.4 Å². The molecule has 0 atom stereocenters. The first-order valence-electron chi connectivity index (χ1n) is 6.64. The molecule has 0 unspecified atom stereocenters. The predicted molar refractivity (Wildman–Crippen MR) is 72.9 cm³/mol. The maximum Gasteiger partial charge on any atom is 0.339 e. The number of hydrogen-bond donors (Lipinski definition) is 2. The Labute approximate surface area is 114 Å². The Hall–Kier alpha value is -1.36. The second-order valence-electron chi connectivity index (χ2n) is 6.56. The lowest BCUT2D eigenvalue weighted by atomic mass is 10.0. The lowest BCUT2D eigenvalue weighted by Gasteiger charge is -2.07. The summed E-state index contributed by atoms with van der Waals surface area (Å²) in [6, 6.07) is 0. The monoisotopic (exact) mass is 265 g/mol. The molecule has 0 saturated heterocycles. The zero-order valence-electron chi connectivity index (χ0n) is 12.3. The number of aryl methyl sites for hydroxylation is 1. The van der Waals surface area contributed by atoms with Gasteiger partial charge in [0, 0.05) is 13.6 Å². The summed E-state index contributed by atoms with van der Waals surface area (Å²) in [5, 5.41) is 16.5. The minimum Gasteiger partial charge on any atom is -0.478 e. The smallest absolute Gasteiger partial charge is 0.339 e. The Morgan fingerprint density at radius 3 is 2.47 bits per heavy atom. The van der Waals surface area contributed by atoms with Crippen LogP contribution >= 0.6 is 0 Å². The van der Waals surface area contributed by atoms with Gasteiger partial charge >= 0.3 is 5.97 Å². The van der Waals surface area contributed by atoms with E-state index in [9.17, 15) is 4.79 Å². The van der Waals surface area contributed by atoms with Crippen molar-refractivity contribution in [3.05, 3.63) is 17.5 Å². The van der Waals surface area contributed by atoms with E-state index < -0.39 is 5.97 Å². The number of nitrogens with one attached hydrogen (secondary N) is 1. The SMILES string of the molecule is Cn1ncc(C(=O)O)c1CNCC1C(C)(C)C1(C)C. The summed E-state index contributed by atoms with van der Waals surface area (Å²) in [7, 11) is 1.77. The molecule has 2 rings (SSSR count). The average molecular weight is 265 g/mol. The Kier molecular flexibility index (Phi) is 3.21. The van der Waals surface area contributed by atoms with Crippen LogP contribution < -0.4 is 5.32 Å². The second-order valence-corrected chi connectivity index (χ2v) is 6.56. The third-order valence-electron chi connectivity index (χ3n) is 5.25. The molecular weight excluding hydrogens is 242 g/mol. The van der Waals surface area contributed by atoms with Gasteiger partial charge in [-0.05, 0) is 23.3 Å². The van der Waals surface area contributed by atoms with Gasteiger partial charge in [0.25, 0.3) is 0 Å². The van der Waals surface area contributed by atoms with Crippen molar-refractivity contribution >= 4 is 5.97 Å². The van der Waals surface area contributed by atoms with Crippen molar-refractivity contribution in [1.29, 1.82) is 0 Å². The van der Waals surface area contributed by atoms with Crippen molar-refractivity contribution in [1.82, 2.24) is 15.1 Å². The summed E-state index contributed by atoms with van der Waals surface area (Å²) in [5.74, 6) is -0.293. The summed E-state index contributed by atoms with van der Waals surface area (Å²) in [6.45, 7) is 10.6. The summed E-state index contributed by atoms with van der Waals surface area (Å²) in [5.41, 5.74) is 1.71. The topological polar surface area (TPSA) is 67.2 Å². The van der Waals surface area contributed by atoms with E-state index in [0.29, 0.717) is 23.3 Å². The zero-order valence-corrected chi connectivity index (χ0v) is 12.3. The third kappa shape index (κ3) is 2.16. The summed E-state index contributed by atoms with van der Waals surface area (Å²) in [6.07, 6.45) is 1.41. The molecule has 5 heteroatoms. The Balaban J connectivity index is 1.95. The number of carboxylic acids is 1. The lowest BCUT2D eigenvalue weighted by Crippen LogP contribution is -2.22. The van der Waals surface area contributed by atoms with Crippen LogP contribution in [-0.2, 0) is 13.6 Å². The van der Waals surface area contributed by atoms with E-state index in [1.165, 1.54) is 6.20 Å². The summed E-state index contributed by atoms with van der Waals surface area (Å²) in [4.78, 5) is 11.1. The Morgan fingerprint density at radius 2 is 2.00 bits per heavy atom. The van der Waals surface area contributed by atoms with Gasteiger partial charge in [0.15, 0.2) is 0 Å². The molecule has 1 aromatic rings. The molecule has 0 radical (unpaired) electrons. The van der Waals surface area contributed by atoms with E-state index in [4.69, 9.17) is 5.11 Å². The van der Waals surface area contributed by atoms with E-state index in [1.54, 1.807) is 11.7 Å². The second kappa shape index (κ2) is 4.34. The molecule has 0 aliphatic heterocycles. The van der Waals surface area contributed by atoms with Crippen LogP contribution in [0.4, 0.5) is 0 Å². The maximum absolute atomic E-state index is 11.1. The lowest BCUT2D eigenvalue weighted by molar-refractivity contribution is 0.0695. The van der Waals surface area contributed by atoms with Crippen LogP contribution in [0.5, 0.6) is 0 Å². The van der Waals surface area contributed by atoms with Crippen LogP contribution in [0.25, 0.3) is 0 Å². The van der Waals surface area contributed by atoms with E-state index in [0.717, 1.165) is 12.2 Å². The number of aromatic carboxylic acids is 1. The molecule has 0 aromatic carbocycles. The van der Waals surface area contributed by atoms with Crippen LogP contribution in [0.1, 0.15) is 43.7 Å². The van der Waals surface area contributed by atoms with Crippen LogP contribution in [0.3, 0.4) is 0 Å². The van der Waals surface area contributed by atoms with Crippen molar-refractivity contribution in [2.75, 3.05) is 6.54 Å². The molecule has 0 bridgehead atoms. The number of nitrogens with zero attached hydrogens (tertiary/aromatic N) is 2. The van der Waals surface area contributed by atoms with E-state index >= 15 is 0 Å². The highest BCUT2D eigenvalue weighted by Crippen LogP contribution is 2.67. The zero-order chi connectivity index (χ0) is 14.4. The van der Waals surface area contributed by atoms with Crippen molar-refractivity contribution in [3.8, 4) is 0 Å². The molecule has 1 aromatic heterocycles. The van der Waals surface area contributed by atoms with Crippen LogP contribution in [0.15, 0.2) is 6.20 Å². The largest absolute Gasteiger partial charge is 0.478 e. The number of carbonyl (C=O) groups is 1. The van der Waals surface area contributed by atoms with E-state index in [-0.39, 0.29) is 5.56 Å². The van der Waals surface area contributed by atoms with Crippen molar-refractivity contribution in [3.63, 3.8) is 0 Å². The first kappa shape index (κ1) is 14.1. The molecule has 2 N–H and O–H groups in total. The van der Waals surface area contributed by atoms with Gasteiger partial charge in [0.2, 0.25) is 0 Å². The molecule has 5 nitrogen and oxygen atoms in total. The fourth-order valence-electron chi connectivity index (χ4n) is 3.03. The van der Waals surface area contributed by atoms with Crippen LogP contribution in [0.2, 0.25) is 0 Å². The average Bonchev–Trinajstić information content (AvgIpc) is 2.61. The number of rotatable bonds is 5. The molecule has 1 saturated carbocycles. The molecule has 1 aliphatic carbocycles.